The number of aromatic amines is 1. The average Bonchev–Trinajstić information content (AvgIpc) is 3.28. The SMILES string of the molecule is CCOc1cc(OC)cc([C@H](Nc2ccc(C(=N)N)c(OC(C)=O)c2)c2nn(-c3cccnn3)c(=O)[nH]2)c1. The van der Waals surface area contributed by atoms with E-state index < -0.39 is 17.7 Å². The van der Waals surface area contributed by atoms with Crippen LogP contribution in [0, 0.1) is 5.41 Å². The lowest BCUT2D eigenvalue weighted by atomic mass is 10.0. The van der Waals surface area contributed by atoms with Crippen LogP contribution in [0.25, 0.3) is 5.82 Å². The van der Waals surface area contributed by atoms with Crippen LogP contribution in [0.15, 0.2) is 59.5 Å². The highest BCUT2D eigenvalue weighted by Gasteiger charge is 2.23. The molecule has 0 aliphatic rings. The number of hydrogen-bond donors (Lipinski definition) is 4. The Bertz CT molecular complexity index is 1520. The summed E-state index contributed by atoms with van der Waals surface area (Å²) in [6.45, 7) is 3.55. The van der Waals surface area contributed by atoms with Crippen molar-refractivity contribution in [2.24, 2.45) is 5.73 Å². The summed E-state index contributed by atoms with van der Waals surface area (Å²) in [4.78, 5) is 27.3. The molecule has 13 heteroatoms. The second-order valence-electron chi connectivity index (χ2n) is 7.98. The number of nitrogens with two attached hydrogens (primary N) is 1. The zero-order valence-electron chi connectivity index (χ0n) is 20.9. The molecular weight excluding hydrogens is 492 g/mol. The Morgan fingerprint density at radius 2 is 2.00 bits per heavy atom. The van der Waals surface area contributed by atoms with E-state index in [2.05, 4.69) is 25.6 Å². The molecular formula is C25H26N8O5. The predicted octanol–water partition coefficient (Wildman–Crippen LogP) is 2.17. The maximum absolute atomic E-state index is 12.8. The predicted molar refractivity (Wildman–Crippen MR) is 138 cm³/mol. The topological polar surface area (TPSA) is 183 Å². The molecule has 0 aliphatic heterocycles. The molecule has 4 aromatic rings. The number of nitrogens with one attached hydrogen (secondary N) is 3. The van der Waals surface area contributed by atoms with Crippen molar-refractivity contribution >= 4 is 17.5 Å². The van der Waals surface area contributed by atoms with E-state index in [1.807, 2.05) is 6.92 Å². The third-order valence-corrected chi connectivity index (χ3v) is 5.30. The van der Waals surface area contributed by atoms with Crippen LogP contribution in [-0.4, -0.2) is 50.5 Å². The van der Waals surface area contributed by atoms with Gasteiger partial charge in [-0.05, 0) is 48.9 Å². The number of H-pyrrole nitrogens is 1. The summed E-state index contributed by atoms with van der Waals surface area (Å²) in [5.74, 6) is 0.849. The zero-order chi connectivity index (χ0) is 27.2. The second-order valence-corrected chi connectivity index (χ2v) is 7.98. The Morgan fingerprint density at radius 3 is 2.66 bits per heavy atom. The summed E-state index contributed by atoms with van der Waals surface area (Å²) in [5.41, 5.74) is 6.53. The minimum Gasteiger partial charge on any atom is -0.497 e. The third kappa shape index (κ3) is 5.78. The van der Waals surface area contributed by atoms with Gasteiger partial charge in [0.15, 0.2) is 11.6 Å². The van der Waals surface area contributed by atoms with Gasteiger partial charge < -0.3 is 25.3 Å². The van der Waals surface area contributed by atoms with Gasteiger partial charge in [0.05, 0.1) is 19.3 Å². The van der Waals surface area contributed by atoms with Crippen molar-refractivity contribution in [1.29, 1.82) is 5.41 Å². The van der Waals surface area contributed by atoms with Gasteiger partial charge in [0.2, 0.25) is 0 Å². The molecule has 0 radical (unpaired) electrons. The van der Waals surface area contributed by atoms with Gasteiger partial charge in [-0.3, -0.25) is 15.2 Å². The van der Waals surface area contributed by atoms with Crippen molar-refractivity contribution < 1.29 is 19.0 Å². The molecule has 0 amide bonds. The highest BCUT2D eigenvalue weighted by Crippen LogP contribution is 2.33. The van der Waals surface area contributed by atoms with Gasteiger partial charge in [0.1, 0.15) is 29.1 Å². The molecule has 4 rings (SSSR count). The molecule has 1 atom stereocenters. The van der Waals surface area contributed by atoms with Gasteiger partial charge in [0.25, 0.3) is 0 Å². The van der Waals surface area contributed by atoms with Crippen LogP contribution in [0.1, 0.15) is 36.8 Å². The van der Waals surface area contributed by atoms with Crippen molar-refractivity contribution in [3.05, 3.63) is 82.2 Å². The molecule has 0 spiro atoms. The first-order chi connectivity index (χ1) is 18.3. The number of amidine groups is 1. The highest BCUT2D eigenvalue weighted by molar-refractivity contribution is 5.98. The van der Waals surface area contributed by atoms with Gasteiger partial charge in [-0.1, -0.05) is 0 Å². The molecule has 38 heavy (non-hydrogen) atoms. The van der Waals surface area contributed by atoms with E-state index in [1.54, 1.807) is 42.5 Å². The van der Waals surface area contributed by atoms with Crippen LogP contribution in [0.3, 0.4) is 0 Å². The lowest BCUT2D eigenvalue weighted by Gasteiger charge is -2.21. The lowest BCUT2D eigenvalue weighted by molar-refractivity contribution is -0.131. The molecule has 0 unspecified atom stereocenters. The largest absolute Gasteiger partial charge is 0.497 e. The maximum atomic E-state index is 12.8. The number of ether oxygens (including phenoxy) is 3. The second kappa shape index (κ2) is 11.2. The van der Waals surface area contributed by atoms with E-state index in [4.69, 9.17) is 25.4 Å². The molecule has 0 saturated heterocycles. The van der Waals surface area contributed by atoms with Crippen LogP contribution in [0.5, 0.6) is 17.2 Å². The van der Waals surface area contributed by atoms with E-state index in [9.17, 15) is 9.59 Å². The summed E-state index contributed by atoms with van der Waals surface area (Å²) in [6.07, 6.45) is 1.49. The fourth-order valence-electron chi connectivity index (χ4n) is 3.71. The van der Waals surface area contributed by atoms with Crippen LogP contribution in [-0.2, 0) is 4.79 Å². The summed E-state index contributed by atoms with van der Waals surface area (Å²) in [7, 11) is 1.54. The maximum Gasteiger partial charge on any atom is 0.349 e. The molecule has 13 nitrogen and oxygen atoms in total. The first kappa shape index (κ1) is 25.9. The van der Waals surface area contributed by atoms with E-state index in [0.717, 1.165) is 4.68 Å². The van der Waals surface area contributed by atoms with Crippen LogP contribution in [0.4, 0.5) is 5.69 Å². The molecule has 196 valence electrons. The number of anilines is 1. The standard InChI is InChI=1S/C25H26N8O5/c1-4-37-18-11-15(10-17(13-18)36-3)22(24-30-25(35)33(32-24)21-6-5-9-28-31-21)29-16-7-8-19(23(26)27)20(12-16)38-14(2)34/h5-13,22,29H,4H2,1-3H3,(H3,26,27)(H,30,32,35)/t22-/m0/s1. The van der Waals surface area contributed by atoms with Gasteiger partial charge >= 0.3 is 11.7 Å². The quantitative estimate of drug-likeness (QED) is 0.105. The lowest BCUT2D eigenvalue weighted by Crippen LogP contribution is -2.17. The van der Waals surface area contributed by atoms with Crippen molar-refractivity contribution in [3.63, 3.8) is 0 Å². The van der Waals surface area contributed by atoms with Crippen molar-refractivity contribution in [2.45, 2.75) is 19.9 Å². The minimum absolute atomic E-state index is 0.105. The summed E-state index contributed by atoms with van der Waals surface area (Å²) >= 11 is 0. The van der Waals surface area contributed by atoms with Gasteiger partial charge in [-0.2, -0.15) is 9.78 Å². The Morgan fingerprint density at radius 1 is 1.21 bits per heavy atom. The Labute approximate surface area is 217 Å². The molecule has 2 aromatic heterocycles. The molecule has 0 bridgehead atoms. The van der Waals surface area contributed by atoms with E-state index >= 15 is 0 Å². The minimum atomic E-state index is -0.733. The fourth-order valence-corrected chi connectivity index (χ4v) is 3.71. The van der Waals surface area contributed by atoms with Gasteiger partial charge in [-0.15, -0.1) is 10.2 Å². The molecule has 0 saturated carbocycles. The highest BCUT2D eigenvalue weighted by atomic mass is 16.5. The molecule has 5 N–H and O–H groups in total. The van der Waals surface area contributed by atoms with Gasteiger partial charge in [0, 0.05) is 30.9 Å². The monoisotopic (exact) mass is 518 g/mol. The number of esters is 1. The number of aromatic nitrogens is 5. The summed E-state index contributed by atoms with van der Waals surface area (Å²) < 4.78 is 17.6. The summed E-state index contributed by atoms with van der Waals surface area (Å²) in [5, 5.41) is 23.3. The van der Waals surface area contributed by atoms with E-state index in [1.165, 1.54) is 26.3 Å². The first-order valence-corrected chi connectivity index (χ1v) is 11.5. The molecule has 2 aromatic carbocycles. The number of hydrogen-bond acceptors (Lipinski definition) is 10. The fraction of sp³-hybridized carbons (Fsp3) is 0.200. The number of benzene rings is 2. The van der Waals surface area contributed by atoms with E-state index in [0.29, 0.717) is 29.4 Å². The number of carbonyl (C=O) groups excluding carboxylic acids is 1. The van der Waals surface area contributed by atoms with Crippen LogP contribution < -0.4 is 31.0 Å². The van der Waals surface area contributed by atoms with Gasteiger partial charge in [-0.25, -0.2) is 4.79 Å². The van der Waals surface area contributed by atoms with Crippen molar-refractivity contribution in [3.8, 4) is 23.1 Å². The Balaban J connectivity index is 1.84. The number of rotatable bonds is 10. The Hall–Kier alpha value is -5.20. The van der Waals surface area contributed by atoms with Crippen LogP contribution >= 0.6 is 0 Å². The number of nitrogens with zero attached hydrogens (tertiary/aromatic N) is 4. The zero-order valence-corrected chi connectivity index (χ0v) is 20.9. The molecule has 0 aliphatic carbocycles. The Kier molecular flexibility index (Phi) is 7.66. The molecule has 2 heterocycles. The van der Waals surface area contributed by atoms with Crippen LogP contribution in [0.2, 0.25) is 0 Å². The first-order valence-electron chi connectivity index (χ1n) is 11.5. The number of carbonyl (C=O) groups is 1. The van der Waals surface area contributed by atoms with Crippen molar-refractivity contribution in [1.82, 2.24) is 25.0 Å². The third-order valence-electron chi connectivity index (χ3n) is 5.30. The molecule has 0 fully saturated rings. The number of methoxy groups -OCH3 is 1. The van der Waals surface area contributed by atoms with E-state index in [-0.39, 0.29) is 28.8 Å². The normalized spacial score (nSPS) is 11.4. The van der Waals surface area contributed by atoms with Crippen molar-refractivity contribution in [2.75, 3.05) is 19.0 Å². The summed E-state index contributed by atoms with van der Waals surface area (Å²) in [6, 6.07) is 12.6. The average molecular weight is 519 g/mol. The smallest absolute Gasteiger partial charge is 0.349 e. The number of nitrogen functional groups attached to an aromatic ring is 1.